The van der Waals surface area contributed by atoms with Crippen LogP contribution in [0.3, 0.4) is 0 Å². The van der Waals surface area contributed by atoms with Crippen LogP contribution in [-0.2, 0) is 28.3 Å². The van der Waals surface area contributed by atoms with Gasteiger partial charge in [-0.25, -0.2) is 18.6 Å². The van der Waals surface area contributed by atoms with E-state index in [0.29, 0.717) is 33.4 Å². The van der Waals surface area contributed by atoms with Gasteiger partial charge in [0, 0.05) is 28.1 Å². The Morgan fingerprint density at radius 3 is 2.69 bits per heavy atom. The van der Waals surface area contributed by atoms with Crippen LogP contribution in [0.15, 0.2) is 29.1 Å². The average Bonchev–Trinajstić information content (AvgIpc) is 3.12. The fourth-order valence-electron chi connectivity index (χ4n) is 4.78. The molecule has 4 heterocycles. The maximum atomic E-state index is 13.3. The van der Waals surface area contributed by atoms with Gasteiger partial charge >= 0.3 is 5.97 Å². The minimum Gasteiger partial charge on any atom is -0.458 e. The molecule has 2 atom stereocenters. The quantitative estimate of drug-likeness (QED) is 0.473. The minimum absolute atomic E-state index is 0.0429. The number of halogens is 2. The highest BCUT2D eigenvalue weighted by atomic mass is 19.3. The summed E-state index contributed by atoms with van der Waals surface area (Å²) in [7, 11) is 0. The number of cyclic esters (lactones) is 1. The van der Waals surface area contributed by atoms with E-state index < -0.39 is 24.0 Å². The lowest BCUT2D eigenvalue weighted by atomic mass is 9.86. The third-order valence-electron chi connectivity index (χ3n) is 6.46. The summed E-state index contributed by atoms with van der Waals surface area (Å²) in [4.78, 5) is 30.3. The van der Waals surface area contributed by atoms with Crippen molar-refractivity contribution in [2.24, 2.45) is 5.73 Å². The highest BCUT2D eigenvalue weighted by Gasteiger charge is 2.45. The molecule has 2 aliphatic heterocycles. The molecule has 0 fully saturated rings. The second-order valence-electron chi connectivity index (χ2n) is 8.32. The molecule has 166 valence electrons. The van der Waals surface area contributed by atoms with Gasteiger partial charge in [-0.3, -0.25) is 4.79 Å². The van der Waals surface area contributed by atoms with Gasteiger partial charge < -0.3 is 20.1 Å². The van der Waals surface area contributed by atoms with Crippen molar-refractivity contribution in [3.8, 4) is 11.4 Å². The molecule has 0 amide bonds. The van der Waals surface area contributed by atoms with E-state index in [0.717, 1.165) is 0 Å². The van der Waals surface area contributed by atoms with Crippen LogP contribution < -0.4 is 11.3 Å². The van der Waals surface area contributed by atoms with E-state index in [4.69, 9.17) is 10.5 Å². The van der Waals surface area contributed by atoms with Crippen LogP contribution in [0.4, 0.5) is 8.78 Å². The normalized spacial score (nSPS) is 20.2. The van der Waals surface area contributed by atoms with Crippen molar-refractivity contribution in [3.05, 3.63) is 62.4 Å². The lowest BCUT2D eigenvalue weighted by Crippen LogP contribution is -2.44. The number of hydrogen-bond donors (Lipinski definition) is 2. The van der Waals surface area contributed by atoms with Gasteiger partial charge in [0.15, 0.2) is 5.60 Å². The van der Waals surface area contributed by atoms with E-state index >= 15 is 0 Å². The van der Waals surface area contributed by atoms with Crippen molar-refractivity contribution < 1.29 is 23.4 Å². The number of hydrogen-bond acceptors (Lipinski definition) is 6. The highest BCUT2D eigenvalue weighted by Crippen LogP contribution is 2.41. The molecular formula is C23H21F2N3O4. The first-order valence-electron chi connectivity index (χ1n) is 10.3. The summed E-state index contributed by atoms with van der Waals surface area (Å²) >= 11 is 0. The Morgan fingerprint density at radius 2 is 2.03 bits per heavy atom. The number of alkyl halides is 2. The summed E-state index contributed by atoms with van der Waals surface area (Å²) in [6.07, 6.45) is -2.59. The number of aromatic nitrogens is 2. The molecule has 0 radical (unpaired) electrons. The van der Waals surface area contributed by atoms with Crippen LogP contribution in [0.2, 0.25) is 0 Å². The van der Waals surface area contributed by atoms with Gasteiger partial charge in [-0.05, 0) is 37.1 Å². The van der Waals surface area contributed by atoms with E-state index in [-0.39, 0.29) is 41.8 Å². The molecule has 5 rings (SSSR count). The number of aliphatic hydroxyl groups is 1. The summed E-state index contributed by atoms with van der Waals surface area (Å²) in [5.41, 5.74) is 6.99. The van der Waals surface area contributed by atoms with Crippen molar-refractivity contribution in [3.63, 3.8) is 0 Å². The molecule has 0 saturated carbocycles. The molecule has 0 aliphatic carbocycles. The van der Waals surface area contributed by atoms with Gasteiger partial charge in [0.25, 0.3) is 12.0 Å². The summed E-state index contributed by atoms with van der Waals surface area (Å²) in [6.45, 7) is 3.33. The molecule has 2 aliphatic rings. The van der Waals surface area contributed by atoms with Crippen LogP contribution in [-0.4, -0.2) is 20.6 Å². The summed E-state index contributed by atoms with van der Waals surface area (Å²) in [5.74, 6) is -0.794. The topological polar surface area (TPSA) is 107 Å². The standard InChI is InChI=1S/C23H21F2N3O4/c1-3-23(31)15-7-17-19-13(8-28(17)21(29)14(15)9-32-22(23)30)18(10(2)26)12-6-11(20(24)25)4-5-16(12)27-19/h4-7,10,20,31H,3,8-9,26H2,1-2H3/t10-,23-/m0/s1. The van der Waals surface area contributed by atoms with Crippen LogP contribution in [0.25, 0.3) is 22.3 Å². The van der Waals surface area contributed by atoms with E-state index in [1.54, 1.807) is 19.9 Å². The first-order valence-corrected chi connectivity index (χ1v) is 10.3. The molecule has 7 nitrogen and oxygen atoms in total. The molecule has 9 heteroatoms. The summed E-state index contributed by atoms with van der Waals surface area (Å²) < 4.78 is 33.2. The van der Waals surface area contributed by atoms with Gasteiger partial charge in [0.1, 0.15) is 6.61 Å². The second kappa shape index (κ2) is 6.91. The Bertz CT molecular complexity index is 1370. The number of carbonyl (C=O) groups excluding carboxylic acids is 1. The van der Waals surface area contributed by atoms with Gasteiger partial charge in [0.2, 0.25) is 0 Å². The Kier molecular flexibility index (Phi) is 4.48. The van der Waals surface area contributed by atoms with E-state index in [2.05, 4.69) is 4.98 Å². The van der Waals surface area contributed by atoms with Gasteiger partial charge in [-0.15, -0.1) is 0 Å². The van der Waals surface area contributed by atoms with Crippen molar-refractivity contribution in [1.29, 1.82) is 0 Å². The second-order valence-corrected chi connectivity index (χ2v) is 8.32. The monoisotopic (exact) mass is 441 g/mol. The molecule has 0 unspecified atom stereocenters. The number of rotatable bonds is 3. The Labute approximate surface area is 181 Å². The lowest BCUT2D eigenvalue weighted by molar-refractivity contribution is -0.172. The Balaban J connectivity index is 1.82. The van der Waals surface area contributed by atoms with Crippen molar-refractivity contribution in [2.45, 2.75) is 51.5 Å². The van der Waals surface area contributed by atoms with Gasteiger partial charge in [0.05, 0.1) is 29.0 Å². The fraction of sp³-hybridized carbons (Fsp3) is 0.348. The van der Waals surface area contributed by atoms with E-state index in [1.807, 2.05) is 0 Å². The van der Waals surface area contributed by atoms with Crippen LogP contribution >= 0.6 is 0 Å². The molecule has 0 spiro atoms. The Hall–Kier alpha value is -3.17. The first-order chi connectivity index (χ1) is 15.2. The highest BCUT2D eigenvalue weighted by molar-refractivity contribution is 5.90. The number of nitrogens with two attached hydrogens (primary N) is 1. The zero-order valence-electron chi connectivity index (χ0n) is 17.5. The Morgan fingerprint density at radius 1 is 1.28 bits per heavy atom. The average molecular weight is 441 g/mol. The van der Waals surface area contributed by atoms with Crippen LogP contribution in [0.5, 0.6) is 0 Å². The van der Waals surface area contributed by atoms with Crippen molar-refractivity contribution in [1.82, 2.24) is 9.55 Å². The van der Waals surface area contributed by atoms with Crippen molar-refractivity contribution in [2.75, 3.05) is 0 Å². The summed E-state index contributed by atoms with van der Waals surface area (Å²) in [5, 5.41) is 11.5. The zero-order chi connectivity index (χ0) is 22.9. The molecule has 2 aromatic heterocycles. The maximum Gasteiger partial charge on any atom is 0.343 e. The number of ether oxygens (including phenoxy) is 1. The smallest absolute Gasteiger partial charge is 0.343 e. The molecule has 3 aromatic rings. The number of benzene rings is 1. The third-order valence-corrected chi connectivity index (χ3v) is 6.46. The SMILES string of the molecule is CC[C@@]1(O)C(=O)OCc2c1cc1n(c2=O)Cc2c-1nc1ccc(C(F)F)cc1c2[C@H](C)N. The minimum atomic E-state index is -2.63. The van der Waals surface area contributed by atoms with Crippen LogP contribution in [0.1, 0.15) is 60.6 Å². The number of pyridine rings is 2. The molecular weight excluding hydrogens is 420 g/mol. The van der Waals surface area contributed by atoms with Gasteiger partial charge in [-0.1, -0.05) is 13.0 Å². The largest absolute Gasteiger partial charge is 0.458 e. The summed E-state index contributed by atoms with van der Waals surface area (Å²) in [6, 6.07) is 5.34. The first kappa shape index (κ1) is 20.7. The number of nitrogens with zero attached hydrogens (tertiary/aromatic N) is 2. The number of carbonyl (C=O) groups is 1. The fourth-order valence-corrected chi connectivity index (χ4v) is 4.78. The zero-order valence-corrected chi connectivity index (χ0v) is 17.5. The van der Waals surface area contributed by atoms with Gasteiger partial charge in [-0.2, -0.15) is 0 Å². The molecule has 0 saturated heterocycles. The molecule has 0 bridgehead atoms. The molecule has 3 N–H and O–H groups in total. The van der Waals surface area contributed by atoms with E-state index in [1.165, 1.54) is 22.8 Å². The number of fused-ring (bicyclic) bond motifs is 5. The predicted molar refractivity (Wildman–Crippen MR) is 112 cm³/mol. The predicted octanol–water partition coefficient (Wildman–Crippen LogP) is 3.04. The molecule has 1 aromatic carbocycles. The third kappa shape index (κ3) is 2.67. The van der Waals surface area contributed by atoms with Crippen LogP contribution in [0, 0.1) is 0 Å². The molecule has 32 heavy (non-hydrogen) atoms. The van der Waals surface area contributed by atoms with E-state index in [9.17, 15) is 23.5 Å². The maximum absolute atomic E-state index is 13.3. The lowest BCUT2D eigenvalue weighted by Gasteiger charge is -2.31. The van der Waals surface area contributed by atoms with Crippen molar-refractivity contribution >= 4 is 16.9 Å². The number of esters is 1.